The Morgan fingerprint density at radius 1 is 1.38 bits per heavy atom. The number of carbonyl (C=O) groups is 1. The summed E-state index contributed by atoms with van der Waals surface area (Å²) in [4.78, 5) is 11.5. The summed E-state index contributed by atoms with van der Waals surface area (Å²) in [5.74, 6) is -0.0120. The number of aliphatic hydroxyl groups excluding tert-OH is 1. The third kappa shape index (κ3) is 4.94. The number of rotatable bonds is 6. The molecule has 0 aromatic heterocycles. The topological polar surface area (TPSA) is 58.6 Å². The molecule has 16 heavy (non-hydrogen) atoms. The SMILES string of the molecule is CCCOCCC(=O)N[C@H]1CCCC[C@@H]1O. The molecule has 1 saturated carbocycles. The normalized spacial score (nSPS) is 25.4. The Hall–Kier alpha value is -0.610. The van der Waals surface area contributed by atoms with E-state index in [1.165, 1.54) is 0 Å². The third-order valence-corrected chi connectivity index (χ3v) is 2.90. The molecule has 94 valence electrons. The lowest BCUT2D eigenvalue weighted by Crippen LogP contribution is -2.45. The molecule has 1 fully saturated rings. The molecule has 0 aromatic carbocycles. The van der Waals surface area contributed by atoms with Gasteiger partial charge >= 0.3 is 0 Å². The number of carbonyl (C=O) groups excluding carboxylic acids is 1. The predicted octanol–water partition coefficient (Wildman–Crippen LogP) is 1.22. The van der Waals surface area contributed by atoms with Crippen molar-refractivity contribution >= 4 is 5.91 Å². The summed E-state index contributed by atoms with van der Waals surface area (Å²) in [5.41, 5.74) is 0. The zero-order valence-corrected chi connectivity index (χ0v) is 10.1. The van der Waals surface area contributed by atoms with Crippen LogP contribution in [0.3, 0.4) is 0 Å². The van der Waals surface area contributed by atoms with Gasteiger partial charge < -0.3 is 15.2 Å². The van der Waals surface area contributed by atoms with Gasteiger partial charge in [-0.25, -0.2) is 0 Å². The summed E-state index contributed by atoms with van der Waals surface area (Å²) in [6.07, 6.45) is 4.85. The second kappa shape index (κ2) is 7.63. The number of hydrogen-bond acceptors (Lipinski definition) is 3. The Bertz CT molecular complexity index is 208. The van der Waals surface area contributed by atoms with Crippen LogP contribution in [0.25, 0.3) is 0 Å². The van der Waals surface area contributed by atoms with Crippen LogP contribution in [0.1, 0.15) is 45.4 Å². The van der Waals surface area contributed by atoms with Crippen LogP contribution in [0.15, 0.2) is 0 Å². The minimum absolute atomic E-state index is 0.0120. The summed E-state index contributed by atoms with van der Waals surface area (Å²) in [6.45, 7) is 3.22. The fraction of sp³-hybridized carbons (Fsp3) is 0.917. The van der Waals surface area contributed by atoms with Gasteiger partial charge in [-0.3, -0.25) is 4.79 Å². The van der Waals surface area contributed by atoms with E-state index in [-0.39, 0.29) is 18.1 Å². The van der Waals surface area contributed by atoms with E-state index in [0.29, 0.717) is 19.6 Å². The standard InChI is InChI=1S/C12H23NO3/c1-2-8-16-9-7-12(15)13-10-5-3-4-6-11(10)14/h10-11,14H,2-9H2,1H3,(H,13,15)/t10-,11-/m0/s1. The van der Waals surface area contributed by atoms with Gasteiger partial charge in [0.25, 0.3) is 0 Å². The van der Waals surface area contributed by atoms with E-state index in [1.54, 1.807) is 0 Å². The maximum absolute atomic E-state index is 11.5. The number of amides is 1. The van der Waals surface area contributed by atoms with Gasteiger partial charge in [0.15, 0.2) is 0 Å². The Labute approximate surface area is 97.4 Å². The average molecular weight is 229 g/mol. The van der Waals surface area contributed by atoms with Gasteiger partial charge in [0.1, 0.15) is 0 Å². The van der Waals surface area contributed by atoms with E-state index >= 15 is 0 Å². The van der Waals surface area contributed by atoms with Gasteiger partial charge in [-0.05, 0) is 19.3 Å². The molecule has 4 nitrogen and oxygen atoms in total. The highest BCUT2D eigenvalue weighted by Crippen LogP contribution is 2.18. The van der Waals surface area contributed by atoms with Crippen LogP contribution in [-0.4, -0.2) is 36.4 Å². The van der Waals surface area contributed by atoms with Crippen LogP contribution in [0, 0.1) is 0 Å². The summed E-state index contributed by atoms with van der Waals surface area (Å²) >= 11 is 0. The molecule has 1 amide bonds. The Morgan fingerprint density at radius 3 is 2.81 bits per heavy atom. The number of aliphatic hydroxyl groups is 1. The zero-order valence-electron chi connectivity index (χ0n) is 10.1. The van der Waals surface area contributed by atoms with Crippen molar-refractivity contribution in [3.8, 4) is 0 Å². The van der Waals surface area contributed by atoms with E-state index in [9.17, 15) is 9.90 Å². The number of nitrogens with one attached hydrogen (secondary N) is 1. The molecular formula is C12H23NO3. The molecule has 0 spiro atoms. The van der Waals surface area contributed by atoms with Crippen LogP contribution in [0.4, 0.5) is 0 Å². The largest absolute Gasteiger partial charge is 0.391 e. The first-order valence-corrected chi connectivity index (χ1v) is 6.29. The lowest BCUT2D eigenvalue weighted by Gasteiger charge is -2.28. The second-order valence-corrected chi connectivity index (χ2v) is 4.39. The van der Waals surface area contributed by atoms with Gasteiger partial charge in [0, 0.05) is 13.0 Å². The lowest BCUT2D eigenvalue weighted by atomic mass is 9.92. The molecule has 0 unspecified atom stereocenters. The van der Waals surface area contributed by atoms with Crippen molar-refractivity contribution in [3.05, 3.63) is 0 Å². The van der Waals surface area contributed by atoms with Gasteiger partial charge in [0.05, 0.1) is 18.8 Å². The van der Waals surface area contributed by atoms with Gasteiger partial charge in [0.2, 0.25) is 5.91 Å². The van der Waals surface area contributed by atoms with Crippen LogP contribution < -0.4 is 5.32 Å². The van der Waals surface area contributed by atoms with Crippen LogP contribution in [0.2, 0.25) is 0 Å². The maximum Gasteiger partial charge on any atom is 0.222 e. The molecule has 1 aliphatic carbocycles. The molecule has 0 bridgehead atoms. The first-order chi connectivity index (χ1) is 7.74. The van der Waals surface area contributed by atoms with Crippen molar-refractivity contribution in [2.24, 2.45) is 0 Å². The summed E-state index contributed by atoms with van der Waals surface area (Å²) in [5, 5.41) is 12.6. The van der Waals surface area contributed by atoms with Crippen LogP contribution in [0.5, 0.6) is 0 Å². The van der Waals surface area contributed by atoms with Crippen molar-refractivity contribution in [2.45, 2.75) is 57.6 Å². The molecule has 0 aromatic rings. The summed E-state index contributed by atoms with van der Waals surface area (Å²) in [7, 11) is 0. The van der Waals surface area contributed by atoms with Crippen molar-refractivity contribution in [1.82, 2.24) is 5.32 Å². The van der Waals surface area contributed by atoms with E-state index in [2.05, 4.69) is 5.32 Å². The lowest BCUT2D eigenvalue weighted by molar-refractivity contribution is -0.124. The quantitative estimate of drug-likeness (QED) is 0.673. The number of hydrogen-bond donors (Lipinski definition) is 2. The van der Waals surface area contributed by atoms with E-state index in [4.69, 9.17) is 4.74 Å². The fourth-order valence-corrected chi connectivity index (χ4v) is 1.97. The molecular weight excluding hydrogens is 206 g/mol. The zero-order chi connectivity index (χ0) is 11.8. The van der Waals surface area contributed by atoms with Gasteiger partial charge in [-0.2, -0.15) is 0 Å². The molecule has 4 heteroatoms. The molecule has 1 aliphatic rings. The monoisotopic (exact) mass is 229 g/mol. The minimum Gasteiger partial charge on any atom is -0.391 e. The molecule has 0 saturated heterocycles. The molecule has 0 radical (unpaired) electrons. The van der Waals surface area contributed by atoms with Crippen molar-refractivity contribution in [2.75, 3.05) is 13.2 Å². The molecule has 2 N–H and O–H groups in total. The second-order valence-electron chi connectivity index (χ2n) is 4.39. The minimum atomic E-state index is -0.366. The highest BCUT2D eigenvalue weighted by Gasteiger charge is 2.23. The number of ether oxygens (including phenoxy) is 1. The summed E-state index contributed by atoms with van der Waals surface area (Å²) in [6, 6.07) is -0.0487. The Kier molecular flexibility index (Phi) is 6.42. The van der Waals surface area contributed by atoms with Crippen LogP contribution in [-0.2, 0) is 9.53 Å². The Balaban J connectivity index is 2.12. The third-order valence-electron chi connectivity index (χ3n) is 2.90. The highest BCUT2D eigenvalue weighted by atomic mass is 16.5. The Morgan fingerprint density at radius 2 is 2.12 bits per heavy atom. The van der Waals surface area contributed by atoms with Crippen molar-refractivity contribution in [3.63, 3.8) is 0 Å². The van der Waals surface area contributed by atoms with Crippen LogP contribution >= 0.6 is 0 Å². The van der Waals surface area contributed by atoms with E-state index in [0.717, 1.165) is 32.1 Å². The smallest absolute Gasteiger partial charge is 0.222 e. The maximum atomic E-state index is 11.5. The first-order valence-electron chi connectivity index (χ1n) is 6.29. The van der Waals surface area contributed by atoms with Crippen molar-refractivity contribution in [1.29, 1.82) is 0 Å². The van der Waals surface area contributed by atoms with E-state index in [1.807, 2.05) is 6.92 Å². The first kappa shape index (κ1) is 13.5. The van der Waals surface area contributed by atoms with Gasteiger partial charge in [-0.15, -0.1) is 0 Å². The summed E-state index contributed by atoms with van der Waals surface area (Å²) < 4.78 is 5.25. The molecule has 1 rings (SSSR count). The predicted molar refractivity (Wildman–Crippen MR) is 62.1 cm³/mol. The van der Waals surface area contributed by atoms with Crippen molar-refractivity contribution < 1.29 is 14.6 Å². The fourth-order valence-electron chi connectivity index (χ4n) is 1.97. The molecule has 0 heterocycles. The highest BCUT2D eigenvalue weighted by molar-refractivity contribution is 5.76. The molecule has 2 atom stereocenters. The molecule has 0 aliphatic heterocycles. The average Bonchev–Trinajstić information content (AvgIpc) is 2.28. The van der Waals surface area contributed by atoms with Gasteiger partial charge in [-0.1, -0.05) is 19.8 Å². The van der Waals surface area contributed by atoms with E-state index < -0.39 is 0 Å².